The van der Waals surface area contributed by atoms with Crippen LogP contribution < -0.4 is 4.74 Å². The number of carbonyl (C=O) groups is 2. The summed E-state index contributed by atoms with van der Waals surface area (Å²) < 4.78 is 52.9. The molecule has 1 aliphatic heterocycles. The number of unbranched alkanes of at least 4 members (excludes halogenated alkanes) is 1. The Morgan fingerprint density at radius 2 is 1.89 bits per heavy atom. The molecule has 0 radical (unpaired) electrons. The summed E-state index contributed by atoms with van der Waals surface area (Å²) in [5.74, 6) is -1.53. The van der Waals surface area contributed by atoms with Crippen LogP contribution in [0.1, 0.15) is 83.1 Å². The lowest BCUT2D eigenvalue weighted by atomic mass is 9.98. The highest BCUT2D eigenvalue weighted by Gasteiger charge is 2.42. The molecule has 37 heavy (non-hydrogen) atoms. The van der Waals surface area contributed by atoms with Crippen molar-refractivity contribution in [2.75, 3.05) is 19.7 Å². The number of hydrogen-bond donors (Lipinski definition) is 0. The van der Waals surface area contributed by atoms with Crippen molar-refractivity contribution in [3.8, 4) is 5.75 Å². The molecule has 1 aromatic carbocycles. The maximum absolute atomic E-state index is 14.1. The summed E-state index contributed by atoms with van der Waals surface area (Å²) in [7, 11) is 0. The monoisotopic (exact) mass is 531 g/mol. The lowest BCUT2D eigenvalue weighted by Crippen LogP contribution is -2.54. The van der Waals surface area contributed by atoms with E-state index in [1.165, 1.54) is 9.80 Å². The molecule has 0 aliphatic carbocycles. The van der Waals surface area contributed by atoms with Crippen LogP contribution in [-0.2, 0) is 10.9 Å². The van der Waals surface area contributed by atoms with E-state index in [1.807, 2.05) is 6.92 Å². The second-order valence-corrected chi connectivity index (χ2v) is 10.4. The smallest absolute Gasteiger partial charge is 0.417 e. The number of ether oxygens (including phenoxy) is 2. The van der Waals surface area contributed by atoms with Crippen molar-refractivity contribution in [3.63, 3.8) is 0 Å². The molecule has 12 heteroatoms. The number of alkyl halides is 3. The molecular formula is C25H36F3N3O6. The average Bonchev–Trinajstić information content (AvgIpc) is 2.77. The Kier molecular flexibility index (Phi) is 9.78. The number of benzene rings is 1. The molecule has 1 heterocycles. The molecule has 2 amide bonds. The highest BCUT2D eigenvalue weighted by molar-refractivity contribution is 5.97. The van der Waals surface area contributed by atoms with Gasteiger partial charge in [0.2, 0.25) is 0 Å². The van der Waals surface area contributed by atoms with Gasteiger partial charge < -0.3 is 19.3 Å². The molecular weight excluding hydrogens is 495 g/mol. The summed E-state index contributed by atoms with van der Waals surface area (Å²) in [5.41, 5.74) is -3.58. The lowest BCUT2D eigenvalue weighted by Gasteiger charge is -2.41. The van der Waals surface area contributed by atoms with Crippen LogP contribution in [0.4, 0.5) is 23.7 Å². The van der Waals surface area contributed by atoms with E-state index in [-0.39, 0.29) is 13.2 Å². The number of amides is 2. The minimum absolute atomic E-state index is 0.00260. The zero-order valence-electron chi connectivity index (χ0n) is 22.2. The van der Waals surface area contributed by atoms with Gasteiger partial charge in [0.1, 0.15) is 5.60 Å². The first-order valence-electron chi connectivity index (χ1n) is 12.4. The first kappa shape index (κ1) is 30.2. The molecule has 0 aromatic heterocycles. The molecule has 208 valence electrons. The number of hydrogen-bond acceptors (Lipinski definition) is 6. The van der Waals surface area contributed by atoms with Crippen LogP contribution in [0.25, 0.3) is 0 Å². The molecule has 1 atom stereocenters. The quantitative estimate of drug-likeness (QED) is 0.230. The molecule has 0 unspecified atom stereocenters. The van der Waals surface area contributed by atoms with Crippen LogP contribution in [0, 0.1) is 10.1 Å². The number of nitro benzene ring substituents is 1. The summed E-state index contributed by atoms with van der Waals surface area (Å²) in [5, 5.41) is 11.7. The van der Waals surface area contributed by atoms with Crippen LogP contribution in [0.15, 0.2) is 12.1 Å². The Labute approximate surface area is 215 Å². The van der Waals surface area contributed by atoms with E-state index in [1.54, 1.807) is 34.6 Å². The largest absolute Gasteiger partial charge is 0.487 e. The number of likely N-dealkylation sites (tertiary alicyclic amines) is 1. The predicted octanol–water partition coefficient (Wildman–Crippen LogP) is 6.04. The minimum atomic E-state index is -4.96. The van der Waals surface area contributed by atoms with Gasteiger partial charge in [0, 0.05) is 31.3 Å². The standard InChI is InChI=1S/C25H36F3N3O6/c1-7-8-12-36-21-14-19(25(26,27)28)18(13-20(21)31(34)35)22(32)30(16(2)3)17-10-9-11-29(15-17)23(33)37-24(4,5)6/h13-14,16-17H,7-12,15H2,1-6H3/t17-/m1/s1. The zero-order valence-corrected chi connectivity index (χ0v) is 22.2. The third-order valence-corrected chi connectivity index (χ3v) is 5.82. The summed E-state index contributed by atoms with van der Waals surface area (Å²) in [6, 6.07) is 0.0371. The normalized spacial score (nSPS) is 16.5. The Hall–Kier alpha value is -3.05. The van der Waals surface area contributed by atoms with Crippen molar-refractivity contribution in [1.82, 2.24) is 9.80 Å². The average molecular weight is 532 g/mol. The van der Waals surface area contributed by atoms with Crippen molar-refractivity contribution in [2.45, 2.75) is 91.1 Å². The number of piperidine rings is 1. The van der Waals surface area contributed by atoms with Crippen LogP contribution in [0.2, 0.25) is 0 Å². The second kappa shape index (κ2) is 12.0. The van der Waals surface area contributed by atoms with Crippen molar-refractivity contribution in [2.24, 2.45) is 0 Å². The fourth-order valence-corrected chi connectivity index (χ4v) is 4.20. The van der Waals surface area contributed by atoms with Crippen molar-refractivity contribution in [3.05, 3.63) is 33.4 Å². The first-order chi connectivity index (χ1) is 17.1. The fraction of sp³-hybridized carbons (Fsp3) is 0.680. The van der Waals surface area contributed by atoms with Crippen molar-refractivity contribution >= 4 is 17.7 Å². The summed E-state index contributed by atoms with van der Waals surface area (Å²) in [6.45, 7) is 10.8. The second-order valence-electron chi connectivity index (χ2n) is 10.4. The third kappa shape index (κ3) is 7.96. The van der Waals surface area contributed by atoms with Crippen molar-refractivity contribution < 1.29 is 37.2 Å². The SMILES string of the molecule is CCCCOc1cc(C(F)(F)F)c(C(=O)N(C(C)C)[C@@H]2CCCN(C(=O)OC(C)(C)C)C2)cc1[N+](=O)[O-]. The van der Waals surface area contributed by atoms with Gasteiger partial charge in [0.15, 0.2) is 5.75 Å². The molecule has 1 fully saturated rings. The number of halogens is 3. The third-order valence-electron chi connectivity index (χ3n) is 5.82. The van der Waals surface area contributed by atoms with E-state index in [2.05, 4.69) is 0 Å². The molecule has 0 spiro atoms. The summed E-state index contributed by atoms with van der Waals surface area (Å²) in [4.78, 5) is 39.8. The van der Waals surface area contributed by atoms with Gasteiger partial charge in [0.05, 0.1) is 28.7 Å². The topological polar surface area (TPSA) is 102 Å². The van der Waals surface area contributed by atoms with Gasteiger partial charge in [-0.2, -0.15) is 13.2 Å². The van der Waals surface area contributed by atoms with Gasteiger partial charge >= 0.3 is 18.0 Å². The van der Waals surface area contributed by atoms with E-state index in [0.29, 0.717) is 44.4 Å². The molecule has 1 aliphatic rings. The molecule has 0 saturated carbocycles. The fourth-order valence-electron chi connectivity index (χ4n) is 4.20. The summed E-state index contributed by atoms with van der Waals surface area (Å²) in [6.07, 6.45) is -3.39. The number of rotatable bonds is 8. The molecule has 0 bridgehead atoms. The van der Waals surface area contributed by atoms with E-state index >= 15 is 0 Å². The number of carbonyl (C=O) groups excluding carboxylic acids is 2. The van der Waals surface area contributed by atoms with E-state index in [9.17, 15) is 32.9 Å². The first-order valence-corrected chi connectivity index (χ1v) is 12.4. The van der Waals surface area contributed by atoms with Crippen molar-refractivity contribution in [1.29, 1.82) is 0 Å². The lowest BCUT2D eigenvalue weighted by molar-refractivity contribution is -0.386. The van der Waals surface area contributed by atoms with Gasteiger partial charge in [-0.3, -0.25) is 14.9 Å². The van der Waals surface area contributed by atoms with Crippen LogP contribution in [-0.4, -0.2) is 64.1 Å². The number of nitro groups is 1. The van der Waals surface area contributed by atoms with Crippen LogP contribution >= 0.6 is 0 Å². The highest BCUT2D eigenvalue weighted by Crippen LogP contribution is 2.40. The highest BCUT2D eigenvalue weighted by atomic mass is 19.4. The molecule has 9 nitrogen and oxygen atoms in total. The number of nitrogens with zero attached hydrogens (tertiary/aromatic N) is 3. The van der Waals surface area contributed by atoms with E-state index in [4.69, 9.17) is 9.47 Å². The Morgan fingerprint density at radius 3 is 2.41 bits per heavy atom. The molecule has 0 N–H and O–H groups in total. The van der Waals surface area contributed by atoms with Gasteiger partial charge in [0.25, 0.3) is 5.91 Å². The van der Waals surface area contributed by atoms with E-state index in [0.717, 1.165) is 0 Å². The van der Waals surface area contributed by atoms with Gasteiger partial charge in [-0.15, -0.1) is 0 Å². The zero-order chi connectivity index (χ0) is 28.1. The summed E-state index contributed by atoms with van der Waals surface area (Å²) >= 11 is 0. The Morgan fingerprint density at radius 1 is 1.24 bits per heavy atom. The van der Waals surface area contributed by atoms with Crippen LogP contribution in [0.5, 0.6) is 5.75 Å². The molecule has 2 rings (SSSR count). The predicted molar refractivity (Wildman–Crippen MR) is 131 cm³/mol. The maximum atomic E-state index is 14.1. The Balaban J connectivity index is 2.49. The minimum Gasteiger partial charge on any atom is -0.487 e. The van der Waals surface area contributed by atoms with Gasteiger partial charge in [-0.1, -0.05) is 13.3 Å². The molecule has 1 aromatic rings. The maximum Gasteiger partial charge on any atom is 0.417 e. The van der Waals surface area contributed by atoms with Gasteiger partial charge in [-0.25, -0.2) is 4.79 Å². The van der Waals surface area contributed by atoms with Gasteiger partial charge in [-0.05, 0) is 53.9 Å². The van der Waals surface area contributed by atoms with E-state index < -0.39 is 63.3 Å². The van der Waals surface area contributed by atoms with Crippen LogP contribution in [0.3, 0.4) is 0 Å². The Bertz CT molecular complexity index is 991. The molecule has 1 saturated heterocycles.